The molecule has 2 aromatic carbocycles. The van der Waals surface area contributed by atoms with E-state index in [2.05, 4.69) is 15.2 Å². The van der Waals surface area contributed by atoms with E-state index < -0.39 is 5.97 Å². The topological polar surface area (TPSA) is 91.8 Å². The largest absolute Gasteiger partial charge is 0.506 e. The molecule has 30 heavy (non-hydrogen) atoms. The summed E-state index contributed by atoms with van der Waals surface area (Å²) in [5, 5.41) is 13.5. The highest BCUT2D eigenvalue weighted by molar-refractivity contribution is 6.06. The maximum atomic E-state index is 12.3. The van der Waals surface area contributed by atoms with Gasteiger partial charge in [-0.1, -0.05) is 12.1 Å². The van der Waals surface area contributed by atoms with Crippen molar-refractivity contribution in [3.63, 3.8) is 0 Å². The predicted octanol–water partition coefficient (Wildman–Crippen LogP) is 3.08. The van der Waals surface area contributed by atoms with Crippen LogP contribution < -0.4 is 5.32 Å². The summed E-state index contributed by atoms with van der Waals surface area (Å²) < 4.78 is 4.83. The average Bonchev–Trinajstić information content (AvgIpc) is 2.76. The van der Waals surface area contributed by atoms with Gasteiger partial charge in [0, 0.05) is 29.3 Å². The van der Waals surface area contributed by atoms with Crippen LogP contribution >= 0.6 is 0 Å². The monoisotopic (exact) mass is 407 g/mol. The summed E-state index contributed by atoms with van der Waals surface area (Å²) in [6, 6.07) is 11.9. The lowest BCUT2D eigenvalue weighted by Gasteiger charge is -2.11. The Kier molecular flexibility index (Phi) is 6.64. The average molecular weight is 407 g/mol. The summed E-state index contributed by atoms with van der Waals surface area (Å²) in [5.41, 5.74) is 2.83. The number of nitrogens with one attached hydrogen (secondary N) is 1. The van der Waals surface area contributed by atoms with Crippen LogP contribution in [0.2, 0.25) is 0 Å². The van der Waals surface area contributed by atoms with E-state index in [0.717, 1.165) is 24.1 Å². The van der Waals surface area contributed by atoms with Gasteiger partial charge in [-0.15, -0.1) is 0 Å². The number of rotatable bonds is 7. The molecular weight excluding hydrogens is 382 g/mol. The van der Waals surface area contributed by atoms with Gasteiger partial charge < -0.3 is 20.1 Å². The van der Waals surface area contributed by atoms with Gasteiger partial charge in [-0.25, -0.2) is 4.79 Å². The number of esters is 1. The Balaban J connectivity index is 1.82. The zero-order chi connectivity index (χ0) is 21.7. The van der Waals surface area contributed by atoms with E-state index in [-0.39, 0.29) is 11.7 Å². The number of methoxy groups -OCH3 is 1. The lowest BCUT2D eigenvalue weighted by Crippen LogP contribution is -2.27. The highest BCUT2D eigenvalue weighted by Crippen LogP contribution is 2.30. The smallest absolute Gasteiger partial charge is 0.338 e. The van der Waals surface area contributed by atoms with Crippen molar-refractivity contribution in [3.8, 4) is 16.9 Å². The molecule has 156 valence electrons. The van der Waals surface area contributed by atoms with E-state index in [1.54, 1.807) is 24.4 Å². The van der Waals surface area contributed by atoms with Crippen molar-refractivity contribution >= 4 is 22.8 Å². The first-order valence-corrected chi connectivity index (χ1v) is 9.64. The summed E-state index contributed by atoms with van der Waals surface area (Å²) in [6.45, 7) is 1.53. The molecule has 2 N–H and O–H groups in total. The van der Waals surface area contributed by atoms with Gasteiger partial charge >= 0.3 is 5.97 Å². The van der Waals surface area contributed by atoms with Crippen LogP contribution in [0.15, 0.2) is 48.7 Å². The summed E-state index contributed by atoms with van der Waals surface area (Å²) in [5.74, 6) is -0.624. The third-order valence-electron chi connectivity index (χ3n) is 4.78. The number of nitrogens with zero attached hydrogens (tertiary/aromatic N) is 2. The Bertz CT molecular complexity index is 1060. The molecule has 0 aliphatic heterocycles. The molecule has 0 radical (unpaired) electrons. The van der Waals surface area contributed by atoms with Crippen LogP contribution in [0.4, 0.5) is 0 Å². The number of aromatic hydroxyl groups is 1. The van der Waals surface area contributed by atoms with E-state index in [1.165, 1.54) is 19.2 Å². The van der Waals surface area contributed by atoms with Crippen molar-refractivity contribution in [2.45, 2.75) is 6.42 Å². The summed E-state index contributed by atoms with van der Waals surface area (Å²) in [7, 11) is 5.30. The van der Waals surface area contributed by atoms with Gasteiger partial charge in [0.15, 0.2) is 0 Å². The number of fused-ring (bicyclic) bond motifs is 1. The minimum absolute atomic E-state index is 0.00881. The van der Waals surface area contributed by atoms with Crippen molar-refractivity contribution < 1.29 is 19.4 Å². The Labute approximate surface area is 175 Å². The first-order valence-electron chi connectivity index (χ1n) is 9.64. The highest BCUT2D eigenvalue weighted by Gasteiger charge is 2.15. The maximum absolute atomic E-state index is 12.3. The number of carbonyl (C=O) groups excluding carboxylic acids is 2. The van der Waals surface area contributed by atoms with Gasteiger partial charge in [0.25, 0.3) is 5.91 Å². The number of pyridine rings is 1. The summed E-state index contributed by atoms with van der Waals surface area (Å²) in [4.78, 5) is 30.7. The minimum atomic E-state index is -0.500. The molecular formula is C23H25N3O4. The molecule has 3 rings (SSSR count). The van der Waals surface area contributed by atoms with Crippen LogP contribution in [0.3, 0.4) is 0 Å². The highest BCUT2D eigenvalue weighted by atomic mass is 16.5. The van der Waals surface area contributed by atoms with E-state index in [1.807, 2.05) is 26.2 Å². The molecule has 0 spiro atoms. The Morgan fingerprint density at radius 2 is 1.83 bits per heavy atom. The third-order valence-corrected chi connectivity index (χ3v) is 4.78. The lowest BCUT2D eigenvalue weighted by molar-refractivity contribution is 0.0603. The Hall–Kier alpha value is -3.45. The minimum Gasteiger partial charge on any atom is -0.506 e. The van der Waals surface area contributed by atoms with Crippen molar-refractivity contribution in [2.75, 3.05) is 34.3 Å². The van der Waals surface area contributed by atoms with E-state index in [0.29, 0.717) is 28.6 Å². The van der Waals surface area contributed by atoms with Gasteiger partial charge in [0.1, 0.15) is 11.3 Å². The second kappa shape index (κ2) is 9.37. The van der Waals surface area contributed by atoms with Crippen LogP contribution in [-0.4, -0.2) is 61.2 Å². The number of aromatic nitrogens is 1. The van der Waals surface area contributed by atoms with Crippen LogP contribution in [0.25, 0.3) is 22.0 Å². The van der Waals surface area contributed by atoms with Crippen molar-refractivity contribution in [2.24, 2.45) is 0 Å². The quantitative estimate of drug-likeness (QED) is 0.462. The molecule has 0 aliphatic carbocycles. The molecule has 0 unspecified atom stereocenters. The number of hydrogen-bond donors (Lipinski definition) is 2. The zero-order valence-corrected chi connectivity index (χ0v) is 17.3. The Morgan fingerprint density at radius 1 is 1.10 bits per heavy atom. The first-order chi connectivity index (χ1) is 14.4. The molecule has 1 aromatic heterocycles. The number of carbonyl (C=O) groups is 2. The van der Waals surface area contributed by atoms with Crippen LogP contribution in [0, 0.1) is 0 Å². The SMILES string of the molecule is COC(=O)c1ccc(O)c2ncc(-c3ccc(C(=O)NCCCN(C)C)cc3)cc12. The number of amides is 1. The fourth-order valence-corrected chi connectivity index (χ4v) is 3.16. The second-order valence-electron chi connectivity index (χ2n) is 7.23. The molecule has 1 amide bonds. The van der Waals surface area contributed by atoms with Crippen molar-refractivity contribution in [1.29, 1.82) is 0 Å². The second-order valence-corrected chi connectivity index (χ2v) is 7.23. The van der Waals surface area contributed by atoms with E-state index in [4.69, 9.17) is 4.74 Å². The molecule has 0 fully saturated rings. The van der Waals surface area contributed by atoms with Gasteiger partial charge in [0.2, 0.25) is 0 Å². The van der Waals surface area contributed by atoms with Crippen LogP contribution in [-0.2, 0) is 4.74 Å². The van der Waals surface area contributed by atoms with Crippen molar-refractivity contribution in [1.82, 2.24) is 15.2 Å². The van der Waals surface area contributed by atoms with Crippen LogP contribution in [0.5, 0.6) is 5.75 Å². The summed E-state index contributed by atoms with van der Waals surface area (Å²) in [6.07, 6.45) is 2.51. The van der Waals surface area contributed by atoms with Gasteiger partial charge in [-0.05, 0) is 63.0 Å². The molecule has 0 atom stereocenters. The zero-order valence-electron chi connectivity index (χ0n) is 17.3. The lowest BCUT2D eigenvalue weighted by atomic mass is 10.0. The van der Waals surface area contributed by atoms with E-state index in [9.17, 15) is 14.7 Å². The molecule has 0 bridgehead atoms. The molecule has 0 aliphatic rings. The van der Waals surface area contributed by atoms with Gasteiger partial charge in [-0.3, -0.25) is 9.78 Å². The van der Waals surface area contributed by atoms with Crippen molar-refractivity contribution in [3.05, 3.63) is 59.8 Å². The molecule has 7 nitrogen and oxygen atoms in total. The number of benzene rings is 2. The molecule has 0 saturated heterocycles. The third kappa shape index (κ3) is 4.75. The van der Waals surface area contributed by atoms with Gasteiger partial charge in [0.05, 0.1) is 12.7 Å². The molecule has 1 heterocycles. The predicted molar refractivity (Wildman–Crippen MR) is 116 cm³/mol. The number of hydrogen-bond acceptors (Lipinski definition) is 6. The van der Waals surface area contributed by atoms with Crippen LogP contribution in [0.1, 0.15) is 27.1 Å². The standard InChI is InChI=1S/C23H25N3O4/c1-26(2)12-4-11-24-22(28)16-7-5-15(6-8-16)17-13-19-18(23(29)30-3)9-10-20(27)21(19)25-14-17/h5-10,13-14,27H,4,11-12H2,1-3H3,(H,24,28). The molecule has 3 aromatic rings. The van der Waals surface area contributed by atoms with E-state index >= 15 is 0 Å². The molecule has 7 heteroatoms. The maximum Gasteiger partial charge on any atom is 0.338 e. The van der Waals surface area contributed by atoms with Gasteiger partial charge in [-0.2, -0.15) is 0 Å². The first kappa shape index (κ1) is 21.3. The molecule has 0 saturated carbocycles. The fourth-order valence-electron chi connectivity index (χ4n) is 3.16. The number of phenols is 1. The Morgan fingerprint density at radius 3 is 2.50 bits per heavy atom. The normalized spacial score (nSPS) is 10.9. The fraction of sp³-hybridized carbons (Fsp3) is 0.261. The summed E-state index contributed by atoms with van der Waals surface area (Å²) >= 11 is 0. The number of ether oxygens (including phenoxy) is 1. The number of phenolic OH excluding ortho intramolecular Hbond substituents is 1.